The molecule has 0 bridgehead atoms. The predicted molar refractivity (Wildman–Crippen MR) is 148 cm³/mol. The molecule has 1 aromatic heterocycles. The molecule has 0 saturated heterocycles. The van der Waals surface area contributed by atoms with Gasteiger partial charge in [0.1, 0.15) is 12.4 Å². The first-order valence-electron chi connectivity index (χ1n) is 13.5. The molecule has 0 spiro atoms. The molecular weight excluding hydrogens is 510 g/mol. The highest BCUT2D eigenvalue weighted by molar-refractivity contribution is 6.15. The fraction of sp³-hybridized carbons (Fsp3) is 0.355. The molecule has 1 fully saturated rings. The van der Waals surface area contributed by atoms with Crippen molar-refractivity contribution in [3.8, 4) is 11.4 Å². The maximum atomic E-state index is 14.1. The second kappa shape index (κ2) is 9.45. The number of nitrogens with zero attached hydrogens (tertiary/aromatic N) is 3. The van der Waals surface area contributed by atoms with Gasteiger partial charge in [0.2, 0.25) is 0 Å². The van der Waals surface area contributed by atoms with Crippen LogP contribution < -0.4 is 16.1 Å². The van der Waals surface area contributed by atoms with Crippen molar-refractivity contribution in [1.82, 2.24) is 13.9 Å². The molecule has 3 aromatic rings. The van der Waals surface area contributed by atoms with Crippen molar-refractivity contribution < 1.29 is 19.4 Å². The van der Waals surface area contributed by atoms with Gasteiger partial charge in [-0.1, -0.05) is 49.4 Å². The van der Waals surface area contributed by atoms with Crippen molar-refractivity contribution in [3.63, 3.8) is 0 Å². The molecule has 2 aromatic carbocycles. The zero-order chi connectivity index (χ0) is 28.3. The monoisotopic (exact) mass is 541 g/mol. The Morgan fingerprint density at radius 3 is 2.38 bits per heavy atom. The summed E-state index contributed by atoms with van der Waals surface area (Å²) in [6, 6.07) is 15.5. The topological polar surface area (TPSA) is 113 Å². The Bertz CT molecular complexity index is 1720. The molecule has 206 valence electrons. The third-order valence-corrected chi connectivity index (χ3v) is 9.03. The normalized spacial score (nSPS) is 25.7. The van der Waals surface area contributed by atoms with Crippen LogP contribution in [0, 0.1) is 11.3 Å². The van der Waals surface area contributed by atoms with E-state index in [0.29, 0.717) is 28.1 Å². The molecule has 3 aliphatic rings. The quantitative estimate of drug-likeness (QED) is 0.497. The van der Waals surface area contributed by atoms with Crippen LogP contribution in [0.3, 0.4) is 0 Å². The van der Waals surface area contributed by atoms with Crippen molar-refractivity contribution >= 4 is 11.6 Å². The van der Waals surface area contributed by atoms with E-state index >= 15 is 0 Å². The van der Waals surface area contributed by atoms with E-state index in [1.165, 1.54) is 9.36 Å². The Labute approximate surface area is 230 Å². The van der Waals surface area contributed by atoms with Gasteiger partial charge in [0.15, 0.2) is 11.6 Å². The van der Waals surface area contributed by atoms with Crippen molar-refractivity contribution in [1.29, 1.82) is 0 Å². The van der Waals surface area contributed by atoms with Crippen LogP contribution in [0.1, 0.15) is 44.7 Å². The molecule has 0 amide bonds. The molecule has 1 saturated carbocycles. The van der Waals surface area contributed by atoms with E-state index in [1.807, 2.05) is 37.3 Å². The highest BCUT2D eigenvalue weighted by Gasteiger charge is 2.60. The molecule has 2 heterocycles. The average Bonchev–Trinajstić information content (AvgIpc) is 3.23. The number of hydrogen-bond donors (Lipinski definition) is 1. The molecule has 1 aliphatic heterocycles. The van der Waals surface area contributed by atoms with Crippen LogP contribution in [0.2, 0.25) is 0 Å². The van der Waals surface area contributed by atoms with Gasteiger partial charge in [0.05, 0.1) is 30.3 Å². The lowest BCUT2D eigenvalue weighted by Crippen LogP contribution is -2.55. The number of ketones is 2. The standard InChI is InChI=1S/C31H31N3O6/c1-18-19(2)28(37)31(3)23(27(18)36)17-24-21(26(31)22-11-7-8-12-25(22)40-16-15-35)13-14-32-29(38)33(30(39)34(24)32)20-9-5-4-6-10-20/h4-13,23-24,26,35H,14-17H2,1-3H3/t23-,24+,26+,31+/m0/s1. The summed E-state index contributed by atoms with van der Waals surface area (Å²) in [5, 5.41) is 9.44. The van der Waals surface area contributed by atoms with Crippen LogP contribution in [0.4, 0.5) is 0 Å². The first-order chi connectivity index (χ1) is 19.2. The number of rotatable bonds is 5. The number of carbonyl (C=O) groups excluding carboxylic acids is 2. The molecule has 6 rings (SSSR count). The van der Waals surface area contributed by atoms with Crippen LogP contribution in [-0.2, 0) is 16.1 Å². The number of benzene rings is 2. The van der Waals surface area contributed by atoms with Gasteiger partial charge in [-0.15, -0.1) is 0 Å². The van der Waals surface area contributed by atoms with Gasteiger partial charge in [-0.2, -0.15) is 0 Å². The number of ether oxygens (including phenoxy) is 1. The Hall–Kier alpha value is -4.24. The minimum atomic E-state index is -1.13. The van der Waals surface area contributed by atoms with Gasteiger partial charge < -0.3 is 9.84 Å². The summed E-state index contributed by atoms with van der Waals surface area (Å²) in [5.74, 6) is -1.03. The van der Waals surface area contributed by atoms with E-state index in [2.05, 4.69) is 0 Å². The Morgan fingerprint density at radius 1 is 0.950 bits per heavy atom. The summed E-state index contributed by atoms with van der Waals surface area (Å²) in [6.07, 6.45) is 2.14. The first kappa shape index (κ1) is 26.0. The van der Waals surface area contributed by atoms with Crippen molar-refractivity contribution in [3.05, 3.63) is 104 Å². The lowest BCUT2D eigenvalue weighted by molar-refractivity contribution is -0.140. The number of hydrogen-bond acceptors (Lipinski definition) is 6. The number of aliphatic hydroxyl groups excluding tert-OH is 1. The number of fused-ring (bicyclic) bond motifs is 4. The smallest absolute Gasteiger partial charge is 0.352 e. The summed E-state index contributed by atoms with van der Waals surface area (Å²) in [4.78, 5) is 55.4. The maximum Gasteiger partial charge on any atom is 0.352 e. The highest BCUT2D eigenvalue weighted by atomic mass is 16.5. The number of aliphatic hydroxyl groups is 1. The minimum Gasteiger partial charge on any atom is -0.491 e. The molecule has 0 radical (unpaired) electrons. The van der Waals surface area contributed by atoms with Gasteiger partial charge >= 0.3 is 11.4 Å². The summed E-state index contributed by atoms with van der Waals surface area (Å²) < 4.78 is 9.95. The van der Waals surface area contributed by atoms with Gasteiger partial charge in [-0.05, 0) is 55.2 Å². The number of carbonyl (C=O) groups is 2. The third kappa shape index (κ3) is 3.50. The number of allylic oxidation sites excluding steroid dienone is 4. The molecule has 9 heteroatoms. The van der Waals surface area contributed by atoms with E-state index in [9.17, 15) is 24.3 Å². The van der Waals surface area contributed by atoms with Gasteiger partial charge in [0.25, 0.3) is 0 Å². The fourth-order valence-corrected chi connectivity index (χ4v) is 6.99. The molecule has 40 heavy (non-hydrogen) atoms. The predicted octanol–water partition coefficient (Wildman–Crippen LogP) is 2.95. The lowest BCUT2D eigenvalue weighted by Gasteiger charge is -2.53. The van der Waals surface area contributed by atoms with Crippen LogP contribution in [0.5, 0.6) is 5.75 Å². The minimum absolute atomic E-state index is 0.0657. The van der Waals surface area contributed by atoms with E-state index < -0.39 is 34.7 Å². The van der Waals surface area contributed by atoms with Gasteiger partial charge in [-0.25, -0.2) is 23.5 Å². The lowest BCUT2D eigenvalue weighted by atomic mass is 9.50. The second-order valence-corrected chi connectivity index (χ2v) is 10.9. The molecule has 4 atom stereocenters. The summed E-state index contributed by atoms with van der Waals surface area (Å²) >= 11 is 0. The Morgan fingerprint density at radius 2 is 1.65 bits per heavy atom. The van der Waals surface area contributed by atoms with Crippen LogP contribution in [0.15, 0.2) is 87.0 Å². The van der Waals surface area contributed by atoms with Crippen LogP contribution in [0.25, 0.3) is 5.69 Å². The summed E-state index contributed by atoms with van der Waals surface area (Å²) in [7, 11) is 0. The SMILES string of the molecule is CC1=C(C)C(=O)[C@@]2(C)[C@@H](c3ccccc3OCCO)C3=CCn4c(=O)n(-c5ccccc5)c(=O)n4[C@@H]3C[C@H]2C1=O. The van der Waals surface area contributed by atoms with E-state index in [1.54, 1.807) is 44.2 Å². The van der Waals surface area contributed by atoms with Crippen molar-refractivity contribution in [2.75, 3.05) is 13.2 Å². The number of para-hydroxylation sites is 2. The fourth-order valence-electron chi connectivity index (χ4n) is 6.99. The van der Waals surface area contributed by atoms with Crippen molar-refractivity contribution in [2.45, 2.75) is 45.7 Å². The number of Topliss-reactive ketones (excluding diaryl/α,β-unsaturated/α-hetero) is 2. The van der Waals surface area contributed by atoms with Crippen LogP contribution >= 0.6 is 0 Å². The summed E-state index contributed by atoms with van der Waals surface area (Å²) in [6.45, 7) is 5.26. The first-order valence-corrected chi connectivity index (χ1v) is 13.5. The number of aromatic nitrogens is 3. The van der Waals surface area contributed by atoms with E-state index in [4.69, 9.17) is 4.74 Å². The van der Waals surface area contributed by atoms with Gasteiger partial charge in [0, 0.05) is 17.4 Å². The highest BCUT2D eigenvalue weighted by Crippen LogP contribution is 2.61. The Kier molecular flexibility index (Phi) is 6.14. The van der Waals surface area contributed by atoms with E-state index in [0.717, 1.165) is 10.1 Å². The Balaban J connectivity index is 1.60. The van der Waals surface area contributed by atoms with Gasteiger partial charge in [-0.3, -0.25) is 9.59 Å². The van der Waals surface area contributed by atoms with E-state index in [-0.39, 0.29) is 37.7 Å². The molecular formula is C31H31N3O6. The zero-order valence-corrected chi connectivity index (χ0v) is 22.7. The summed E-state index contributed by atoms with van der Waals surface area (Å²) in [5.41, 5.74) is 0.784. The maximum absolute atomic E-state index is 14.1. The van der Waals surface area contributed by atoms with Crippen LogP contribution in [-0.4, -0.2) is 43.8 Å². The second-order valence-electron chi connectivity index (χ2n) is 10.9. The van der Waals surface area contributed by atoms with Crippen molar-refractivity contribution in [2.24, 2.45) is 11.3 Å². The molecule has 0 unspecified atom stereocenters. The zero-order valence-electron chi connectivity index (χ0n) is 22.7. The average molecular weight is 542 g/mol. The molecule has 2 aliphatic carbocycles. The third-order valence-electron chi connectivity index (χ3n) is 9.03. The molecule has 1 N–H and O–H groups in total. The molecule has 9 nitrogen and oxygen atoms in total. The largest absolute Gasteiger partial charge is 0.491 e.